The van der Waals surface area contributed by atoms with E-state index in [0.29, 0.717) is 30.4 Å². The topological polar surface area (TPSA) is 99.9 Å². The number of methoxy groups -OCH3 is 1. The van der Waals surface area contributed by atoms with Crippen LogP contribution in [0.5, 0.6) is 17.2 Å². The van der Waals surface area contributed by atoms with Crippen molar-refractivity contribution in [2.75, 3.05) is 25.6 Å². The smallest absolute Gasteiger partial charge is 0.273 e. The number of non-ortho nitro benzene ring substituents is 1. The summed E-state index contributed by atoms with van der Waals surface area (Å²) in [5, 5.41) is 13.2. The molecule has 1 heterocycles. The fourth-order valence-electron chi connectivity index (χ4n) is 2.61. The molecule has 9 heteroatoms. The van der Waals surface area contributed by atoms with Crippen molar-refractivity contribution in [1.82, 2.24) is 0 Å². The summed E-state index contributed by atoms with van der Waals surface area (Å²) in [6.07, 6.45) is 0.826. The van der Waals surface area contributed by atoms with E-state index < -0.39 is 10.2 Å². The Bertz CT molecular complexity index is 889. The number of anilines is 1. The van der Waals surface area contributed by atoms with E-state index in [1.807, 2.05) is 18.2 Å². The minimum absolute atomic E-state index is 0.107. The number of nitrogens with one attached hydrogen (secondary N) is 1. The van der Waals surface area contributed by atoms with E-state index in [1.165, 1.54) is 37.1 Å². The molecule has 28 heavy (non-hydrogen) atoms. The molecule has 0 unspecified atom stereocenters. The third-order valence-electron chi connectivity index (χ3n) is 4.05. The van der Waals surface area contributed by atoms with Gasteiger partial charge in [0.15, 0.2) is 11.5 Å². The second-order valence-corrected chi connectivity index (χ2v) is 7.46. The third kappa shape index (κ3) is 4.66. The summed E-state index contributed by atoms with van der Waals surface area (Å²) in [7, 11) is 1.39. The van der Waals surface area contributed by atoms with Crippen LogP contribution in [0.3, 0.4) is 0 Å². The van der Waals surface area contributed by atoms with Gasteiger partial charge in [-0.1, -0.05) is 0 Å². The van der Waals surface area contributed by atoms with Gasteiger partial charge in [0, 0.05) is 17.4 Å². The Morgan fingerprint density at radius 2 is 1.96 bits per heavy atom. The fourth-order valence-corrected chi connectivity index (χ4v) is 3.50. The zero-order chi connectivity index (χ0) is 20.1. The molecule has 0 saturated carbocycles. The maximum atomic E-state index is 12.6. The highest BCUT2D eigenvalue weighted by atomic mass is 32.2. The Labute approximate surface area is 166 Å². The predicted molar refractivity (Wildman–Crippen MR) is 106 cm³/mol. The first kappa shape index (κ1) is 19.8. The molecule has 2 aromatic carbocycles. The summed E-state index contributed by atoms with van der Waals surface area (Å²) >= 11 is 1.38. The van der Waals surface area contributed by atoms with Crippen LogP contribution in [0, 0.1) is 10.1 Å². The monoisotopic (exact) mass is 404 g/mol. The molecule has 1 amide bonds. The molecule has 1 aliphatic rings. The van der Waals surface area contributed by atoms with Crippen molar-refractivity contribution in [3.05, 3.63) is 46.5 Å². The molecular formula is C19H20N2O6S. The van der Waals surface area contributed by atoms with Gasteiger partial charge in [-0.3, -0.25) is 14.9 Å². The van der Waals surface area contributed by atoms with Crippen LogP contribution in [0.25, 0.3) is 0 Å². The van der Waals surface area contributed by atoms with E-state index >= 15 is 0 Å². The van der Waals surface area contributed by atoms with Crippen LogP contribution >= 0.6 is 11.8 Å². The fraction of sp³-hybridized carbons (Fsp3) is 0.316. The molecule has 2 aromatic rings. The minimum Gasteiger partial charge on any atom is -0.494 e. The number of amides is 1. The molecule has 3 rings (SSSR count). The molecule has 0 bridgehead atoms. The number of thioether (sulfide) groups is 1. The van der Waals surface area contributed by atoms with Gasteiger partial charge in [0.25, 0.3) is 5.69 Å². The molecule has 0 spiro atoms. The highest BCUT2D eigenvalue weighted by Crippen LogP contribution is 2.36. The first-order chi connectivity index (χ1) is 13.5. The average molecular weight is 404 g/mol. The number of carbonyl (C=O) groups is 1. The Morgan fingerprint density at radius 3 is 2.68 bits per heavy atom. The Kier molecular flexibility index (Phi) is 6.25. The van der Waals surface area contributed by atoms with E-state index in [0.717, 1.165) is 11.3 Å². The summed E-state index contributed by atoms with van der Waals surface area (Å²) in [6.45, 7) is 2.99. The SMILES string of the molecule is COc1cc([N+](=O)[O-])ccc1NC(=O)[C@@H](C)Sc1ccc2c(c1)OCCCO2. The Hall–Kier alpha value is -2.94. The second kappa shape index (κ2) is 8.83. The molecule has 148 valence electrons. The van der Waals surface area contributed by atoms with Gasteiger partial charge >= 0.3 is 0 Å². The molecule has 0 aliphatic carbocycles. The van der Waals surface area contributed by atoms with Gasteiger partial charge < -0.3 is 19.5 Å². The van der Waals surface area contributed by atoms with Crippen molar-refractivity contribution < 1.29 is 23.9 Å². The predicted octanol–water partition coefficient (Wildman–Crippen LogP) is 3.88. The van der Waals surface area contributed by atoms with Gasteiger partial charge in [-0.15, -0.1) is 11.8 Å². The first-order valence-corrected chi connectivity index (χ1v) is 9.55. The minimum atomic E-state index is -0.517. The van der Waals surface area contributed by atoms with Crippen molar-refractivity contribution in [2.24, 2.45) is 0 Å². The number of carbonyl (C=O) groups excluding carboxylic acids is 1. The van der Waals surface area contributed by atoms with Crippen molar-refractivity contribution in [1.29, 1.82) is 0 Å². The summed E-state index contributed by atoms with van der Waals surface area (Å²) in [5.74, 6) is 1.36. The molecule has 0 saturated heterocycles. The number of nitrogens with zero attached hydrogens (tertiary/aromatic N) is 1. The van der Waals surface area contributed by atoms with Crippen LogP contribution in [0.15, 0.2) is 41.3 Å². The molecule has 0 aromatic heterocycles. The number of nitro groups is 1. The van der Waals surface area contributed by atoms with Crippen LogP contribution < -0.4 is 19.5 Å². The Morgan fingerprint density at radius 1 is 1.21 bits per heavy atom. The number of hydrogen-bond donors (Lipinski definition) is 1. The lowest BCUT2D eigenvalue weighted by atomic mass is 10.2. The number of rotatable bonds is 6. The zero-order valence-corrected chi connectivity index (χ0v) is 16.3. The van der Waals surface area contributed by atoms with Gasteiger partial charge in [0.2, 0.25) is 5.91 Å². The number of fused-ring (bicyclic) bond motifs is 1. The van der Waals surface area contributed by atoms with Gasteiger partial charge in [0.05, 0.1) is 42.3 Å². The van der Waals surface area contributed by atoms with Crippen molar-refractivity contribution in [2.45, 2.75) is 23.5 Å². The number of nitro benzene ring substituents is 1. The molecule has 0 radical (unpaired) electrons. The van der Waals surface area contributed by atoms with E-state index in [2.05, 4.69) is 5.32 Å². The van der Waals surface area contributed by atoms with Crippen LogP contribution in [0.1, 0.15) is 13.3 Å². The molecule has 1 aliphatic heterocycles. The largest absolute Gasteiger partial charge is 0.494 e. The number of hydrogen-bond acceptors (Lipinski definition) is 7. The summed E-state index contributed by atoms with van der Waals surface area (Å²) < 4.78 is 16.4. The number of ether oxygens (including phenoxy) is 3. The second-order valence-electron chi connectivity index (χ2n) is 6.05. The van der Waals surface area contributed by atoms with E-state index in [9.17, 15) is 14.9 Å². The molecule has 1 atom stereocenters. The lowest BCUT2D eigenvalue weighted by molar-refractivity contribution is -0.384. The van der Waals surface area contributed by atoms with Crippen molar-refractivity contribution in [3.63, 3.8) is 0 Å². The lowest BCUT2D eigenvalue weighted by Gasteiger charge is -2.15. The van der Waals surface area contributed by atoms with Gasteiger partial charge in [-0.2, -0.15) is 0 Å². The third-order valence-corrected chi connectivity index (χ3v) is 5.15. The number of benzene rings is 2. The Balaban J connectivity index is 1.68. The van der Waals surface area contributed by atoms with Gasteiger partial charge in [-0.25, -0.2) is 0 Å². The highest BCUT2D eigenvalue weighted by Gasteiger charge is 2.19. The summed E-state index contributed by atoms with van der Waals surface area (Å²) in [5.41, 5.74) is 0.272. The van der Waals surface area contributed by atoms with E-state index in [4.69, 9.17) is 14.2 Å². The highest BCUT2D eigenvalue weighted by molar-refractivity contribution is 8.00. The van der Waals surface area contributed by atoms with Crippen molar-refractivity contribution in [3.8, 4) is 17.2 Å². The lowest BCUT2D eigenvalue weighted by Crippen LogP contribution is -2.22. The van der Waals surface area contributed by atoms with Gasteiger partial charge in [-0.05, 0) is 31.2 Å². The van der Waals surface area contributed by atoms with Crippen LogP contribution in [0.4, 0.5) is 11.4 Å². The first-order valence-electron chi connectivity index (χ1n) is 8.67. The summed E-state index contributed by atoms with van der Waals surface area (Å²) in [4.78, 5) is 23.8. The van der Waals surface area contributed by atoms with Crippen LogP contribution in [0.2, 0.25) is 0 Å². The van der Waals surface area contributed by atoms with E-state index in [1.54, 1.807) is 6.92 Å². The molecule has 0 fully saturated rings. The van der Waals surface area contributed by atoms with Crippen LogP contribution in [-0.2, 0) is 4.79 Å². The zero-order valence-electron chi connectivity index (χ0n) is 15.5. The molecular weight excluding hydrogens is 384 g/mol. The normalized spacial score (nSPS) is 13.9. The average Bonchev–Trinajstić information content (AvgIpc) is 2.93. The van der Waals surface area contributed by atoms with E-state index in [-0.39, 0.29) is 17.3 Å². The molecule has 1 N–H and O–H groups in total. The standard InChI is InChI=1S/C19H20N2O6S/c1-12(28-14-5-7-16-18(11-14)27-9-3-8-26-16)19(22)20-15-6-4-13(21(23)24)10-17(15)25-2/h4-7,10-12H,3,8-9H2,1-2H3,(H,20,22)/t12-/m1/s1. The van der Waals surface area contributed by atoms with Crippen molar-refractivity contribution >= 4 is 29.0 Å². The van der Waals surface area contributed by atoms with Crippen LogP contribution in [-0.4, -0.2) is 36.4 Å². The quantitative estimate of drug-likeness (QED) is 0.443. The molecule has 8 nitrogen and oxygen atoms in total. The summed E-state index contributed by atoms with van der Waals surface area (Å²) in [6, 6.07) is 9.64. The maximum absolute atomic E-state index is 12.6. The van der Waals surface area contributed by atoms with Gasteiger partial charge in [0.1, 0.15) is 5.75 Å². The maximum Gasteiger partial charge on any atom is 0.273 e.